The van der Waals surface area contributed by atoms with E-state index in [-0.39, 0.29) is 5.78 Å². The van der Waals surface area contributed by atoms with Crippen molar-refractivity contribution in [3.05, 3.63) is 24.2 Å². The molecular formula is C12H18N2O2. The largest absolute Gasteiger partial charge is 0.461 e. The van der Waals surface area contributed by atoms with E-state index in [2.05, 4.69) is 10.6 Å². The van der Waals surface area contributed by atoms with E-state index in [1.165, 1.54) is 25.5 Å². The first-order chi connectivity index (χ1) is 7.86. The molecule has 2 N–H and O–H groups in total. The molecule has 1 aliphatic rings. The Morgan fingerprint density at radius 1 is 1.56 bits per heavy atom. The van der Waals surface area contributed by atoms with Crippen molar-refractivity contribution in [1.29, 1.82) is 0 Å². The molecule has 88 valence electrons. The van der Waals surface area contributed by atoms with Gasteiger partial charge in [-0.3, -0.25) is 4.79 Å². The van der Waals surface area contributed by atoms with Gasteiger partial charge in [0.05, 0.1) is 12.8 Å². The van der Waals surface area contributed by atoms with Crippen LogP contribution in [-0.2, 0) is 0 Å². The molecule has 0 saturated carbocycles. The molecule has 4 heteroatoms. The number of piperidine rings is 1. The third kappa shape index (κ3) is 3.18. The molecule has 1 aromatic rings. The highest BCUT2D eigenvalue weighted by molar-refractivity contribution is 5.94. The monoisotopic (exact) mass is 222 g/mol. The van der Waals surface area contributed by atoms with Gasteiger partial charge in [-0.05, 0) is 31.5 Å². The smallest absolute Gasteiger partial charge is 0.211 e. The quantitative estimate of drug-likeness (QED) is 0.735. The highest BCUT2D eigenvalue weighted by atomic mass is 16.3. The predicted octanol–water partition coefficient (Wildman–Crippen LogP) is 1.19. The highest BCUT2D eigenvalue weighted by Crippen LogP contribution is 2.05. The lowest BCUT2D eigenvalue weighted by Gasteiger charge is -2.23. The fourth-order valence-corrected chi connectivity index (χ4v) is 1.98. The normalized spacial score (nSPS) is 20.9. The summed E-state index contributed by atoms with van der Waals surface area (Å²) in [4.78, 5) is 11.6. The molecule has 0 radical (unpaired) electrons. The van der Waals surface area contributed by atoms with Crippen LogP contribution in [0.15, 0.2) is 22.8 Å². The van der Waals surface area contributed by atoms with E-state index in [4.69, 9.17) is 4.42 Å². The molecule has 16 heavy (non-hydrogen) atoms. The van der Waals surface area contributed by atoms with Crippen molar-refractivity contribution in [2.45, 2.75) is 25.3 Å². The minimum absolute atomic E-state index is 0.0146. The zero-order valence-electron chi connectivity index (χ0n) is 9.37. The Labute approximate surface area is 95.4 Å². The Hall–Kier alpha value is -1.13. The van der Waals surface area contributed by atoms with Gasteiger partial charge in [0.2, 0.25) is 5.78 Å². The van der Waals surface area contributed by atoms with Gasteiger partial charge in [-0.1, -0.05) is 6.42 Å². The van der Waals surface area contributed by atoms with Crippen molar-refractivity contribution in [1.82, 2.24) is 10.6 Å². The molecule has 2 heterocycles. The topological polar surface area (TPSA) is 54.3 Å². The van der Waals surface area contributed by atoms with Crippen molar-refractivity contribution in [2.24, 2.45) is 0 Å². The molecule has 1 fully saturated rings. The molecule has 2 rings (SSSR count). The standard InChI is InChI=1S/C12H18N2O2/c15-11(12-5-3-7-16-12)9-13-8-10-4-1-2-6-14-10/h3,5,7,10,13-14H,1-2,4,6,8-9H2/t10-/m0/s1. The Balaban J connectivity index is 1.66. The van der Waals surface area contributed by atoms with E-state index in [0.717, 1.165) is 13.1 Å². The Morgan fingerprint density at radius 3 is 3.19 bits per heavy atom. The summed E-state index contributed by atoms with van der Waals surface area (Å²) in [5.41, 5.74) is 0. The van der Waals surface area contributed by atoms with E-state index in [1.807, 2.05) is 0 Å². The van der Waals surface area contributed by atoms with Crippen LogP contribution in [0.1, 0.15) is 29.8 Å². The summed E-state index contributed by atoms with van der Waals surface area (Å²) in [7, 11) is 0. The van der Waals surface area contributed by atoms with Crippen LogP contribution in [0.4, 0.5) is 0 Å². The second-order valence-electron chi connectivity index (χ2n) is 4.18. The number of hydrogen-bond donors (Lipinski definition) is 2. The van der Waals surface area contributed by atoms with Crippen molar-refractivity contribution in [3.63, 3.8) is 0 Å². The van der Waals surface area contributed by atoms with Crippen molar-refractivity contribution >= 4 is 5.78 Å². The number of ketones is 1. The minimum Gasteiger partial charge on any atom is -0.461 e. The van der Waals surface area contributed by atoms with Gasteiger partial charge in [0.1, 0.15) is 0 Å². The van der Waals surface area contributed by atoms with Crippen molar-refractivity contribution in [2.75, 3.05) is 19.6 Å². The Kier molecular flexibility index (Phi) is 4.13. The van der Waals surface area contributed by atoms with Gasteiger partial charge < -0.3 is 15.1 Å². The van der Waals surface area contributed by atoms with E-state index >= 15 is 0 Å². The average molecular weight is 222 g/mol. The van der Waals surface area contributed by atoms with Crippen molar-refractivity contribution in [3.8, 4) is 0 Å². The van der Waals surface area contributed by atoms with E-state index in [9.17, 15) is 4.79 Å². The third-order valence-electron chi connectivity index (χ3n) is 2.88. The van der Waals surface area contributed by atoms with Crippen molar-refractivity contribution < 1.29 is 9.21 Å². The third-order valence-corrected chi connectivity index (χ3v) is 2.88. The second kappa shape index (κ2) is 5.82. The molecule has 1 atom stereocenters. The number of nitrogens with one attached hydrogen (secondary N) is 2. The number of carbonyl (C=O) groups is 1. The summed E-state index contributed by atoms with van der Waals surface area (Å²) >= 11 is 0. The Morgan fingerprint density at radius 2 is 2.50 bits per heavy atom. The number of rotatable bonds is 5. The SMILES string of the molecule is O=C(CNC[C@@H]1CCCCN1)c1ccco1. The minimum atomic E-state index is 0.0146. The molecule has 0 aliphatic carbocycles. The molecule has 0 aromatic carbocycles. The van der Waals surface area contributed by atoms with Gasteiger partial charge in [0, 0.05) is 12.6 Å². The maximum atomic E-state index is 11.6. The fraction of sp³-hybridized carbons (Fsp3) is 0.583. The first kappa shape index (κ1) is 11.4. The highest BCUT2D eigenvalue weighted by Gasteiger charge is 2.13. The summed E-state index contributed by atoms with van der Waals surface area (Å²) < 4.78 is 5.03. The van der Waals surface area contributed by atoms with Crippen LogP contribution in [0.2, 0.25) is 0 Å². The van der Waals surface area contributed by atoms with Crippen LogP contribution in [0.5, 0.6) is 0 Å². The van der Waals surface area contributed by atoms with Crippen LogP contribution >= 0.6 is 0 Å². The predicted molar refractivity (Wildman–Crippen MR) is 61.5 cm³/mol. The van der Waals surface area contributed by atoms with Crippen LogP contribution in [-0.4, -0.2) is 31.5 Å². The molecule has 0 bridgehead atoms. The zero-order valence-corrected chi connectivity index (χ0v) is 9.37. The van der Waals surface area contributed by atoms with Gasteiger partial charge in [-0.25, -0.2) is 0 Å². The van der Waals surface area contributed by atoms with E-state index in [1.54, 1.807) is 12.1 Å². The fourth-order valence-electron chi connectivity index (χ4n) is 1.98. The number of hydrogen-bond acceptors (Lipinski definition) is 4. The second-order valence-corrected chi connectivity index (χ2v) is 4.18. The lowest BCUT2D eigenvalue weighted by molar-refractivity contribution is 0.0963. The molecule has 4 nitrogen and oxygen atoms in total. The van der Waals surface area contributed by atoms with Gasteiger partial charge in [-0.2, -0.15) is 0 Å². The van der Waals surface area contributed by atoms with E-state index < -0.39 is 0 Å². The van der Waals surface area contributed by atoms with Gasteiger partial charge in [0.15, 0.2) is 5.76 Å². The average Bonchev–Trinajstić information content (AvgIpc) is 2.84. The molecule has 1 saturated heterocycles. The number of carbonyl (C=O) groups excluding carboxylic acids is 1. The first-order valence-electron chi connectivity index (χ1n) is 5.87. The van der Waals surface area contributed by atoms with Crippen LogP contribution in [0.25, 0.3) is 0 Å². The number of furan rings is 1. The Bertz CT molecular complexity index is 316. The van der Waals surface area contributed by atoms with Gasteiger partial charge in [0.25, 0.3) is 0 Å². The summed E-state index contributed by atoms with van der Waals surface area (Å²) in [6.07, 6.45) is 5.27. The maximum absolute atomic E-state index is 11.6. The number of Topliss-reactive ketones (excluding diaryl/α,β-unsaturated/α-hetero) is 1. The summed E-state index contributed by atoms with van der Waals surface area (Å²) in [5, 5.41) is 6.60. The molecule has 0 spiro atoms. The van der Waals surface area contributed by atoms with Gasteiger partial charge >= 0.3 is 0 Å². The molecule has 0 unspecified atom stereocenters. The van der Waals surface area contributed by atoms with Crippen LogP contribution in [0, 0.1) is 0 Å². The summed E-state index contributed by atoms with van der Waals surface area (Å²) in [6.45, 7) is 2.30. The summed E-state index contributed by atoms with van der Waals surface area (Å²) in [6, 6.07) is 3.94. The van der Waals surface area contributed by atoms with Crippen LogP contribution < -0.4 is 10.6 Å². The first-order valence-corrected chi connectivity index (χ1v) is 5.87. The maximum Gasteiger partial charge on any atom is 0.211 e. The zero-order chi connectivity index (χ0) is 11.2. The molecule has 0 amide bonds. The lowest BCUT2D eigenvalue weighted by atomic mass is 10.1. The van der Waals surface area contributed by atoms with E-state index in [0.29, 0.717) is 18.3 Å². The van der Waals surface area contributed by atoms with Crippen LogP contribution in [0.3, 0.4) is 0 Å². The lowest BCUT2D eigenvalue weighted by Crippen LogP contribution is -2.42. The summed E-state index contributed by atoms with van der Waals surface area (Å²) in [5.74, 6) is 0.449. The molecule has 1 aromatic heterocycles. The van der Waals surface area contributed by atoms with Gasteiger partial charge in [-0.15, -0.1) is 0 Å². The molecular weight excluding hydrogens is 204 g/mol. The molecule has 1 aliphatic heterocycles.